The third-order valence-electron chi connectivity index (χ3n) is 4.57. The number of carbonyl (C=O) groups is 2. The molecule has 2 heterocycles. The molecule has 1 N–H and O–H groups in total. The number of imide groups is 1. The zero-order chi connectivity index (χ0) is 19.1. The molecule has 0 radical (unpaired) electrons. The molecule has 1 aromatic heterocycles. The average Bonchev–Trinajstić information content (AvgIpc) is 3.13. The third-order valence-corrected chi connectivity index (χ3v) is 4.81. The number of nitrogens with zero attached hydrogens (tertiary/aromatic N) is 2. The molecule has 0 bridgehead atoms. The van der Waals surface area contributed by atoms with Gasteiger partial charge in [-0.3, -0.25) is 4.79 Å². The molecule has 5 nitrogen and oxygen atoms in total. The van der Waals surface area contributed by atoms with Crippen molar-refractivity contribution in [3.05, 3.63) is 71.0 Å². The van der Waals surface area contributed by atoms with Crippen molar-refractivity contribution in [3.63, 3.8) is 0 Å². The van der Waals surface area contributed by atoms with E-state index in [1.54, 1.807) is 30.3 Å². The van der Waals surface area contributed by atoms with Gasteiger partial charge in [0.1, 0.15) is 5.70 Å². The molecule has 3 aromatic rings. The number of aromatic nitrogens is 1. The maximum absolute atomic E-state index is 12.8. The number of amides is 3. The van der Waals surface area contributed by atoms with Crippen molar-refractivity contribution in [2.24, 2.45) is 0 Å². The fraction of sp³-hybridized carbons (Fsp3) is 0.143. The van der Waals surface area contributed by atoms with Gasteiger partial charge in [0, 0.05) is 33.7 Å². The van der Waals surface area contributed by atoms with Crippen LogP contribution < -0.4 is 10.2 Å². The van der Waals surface area contributed by atoms with Gasteiger partial charge in [0.25, 0.3) is 5.91 Å². The minimum absolute atomic E-state index is 0.242. The summed E-state index contributed by atoms with van der Waals surface area (Å²) < 4.78 is 2.15. The molecular weight excluding hydrogens is 362 g/mol. The van der Waals surface area contributed by atoms with Gasteiger partial charge in [-0.1, -0.05) is 35.9 Å². The maximum Gasteiger partial charge on any atom is 0.333 e. The Morgan fingerprint density at radius 1 is 1.07 bits per heavy atom. The maximum atomic E-state index is 12.8. The van der Waals surface area contributed by atoms with E-state index in [1.807, 2.05) is 30.5 Å². The number of rotatable bonds is 3. The highest BCUT2D eigenvalue weighted by molar-refractivity contribution is 6.32. The molecule has 6 heteroatoms. The lowest BCUT2D eigenvalue weighted by atomic mass is 10.1. The molecule has 1 fully saturated rings. The Morgan fingerprint density at radius 3 is 2.59 bits per heavy atom. The molecular formula is C21H18ClN3O2. The van der Waals surface area contributed by atoms with E-state index in [0.29, 0.717) is 10.7 Å². The Morgan fingerprint density at radius 2 is 1.85 bits per heavy atom. The van der Waals surface area contributed by atoms with Crippen LogP contribution in [-0.2, 0) is 4.79 Å². The summed E-state index contributed by atoms with van der Waals surface area (Å²) in [6.07, 6.45) is 3.73. The average molecular weight is 380 g/mol. The van der Waals surface area contributed by atoms with Crippen LogP contribution in [0.3, 0.4) is 0 Å². The van der Waals surface area contributed by atoms with Gasteiger partial charge in [0.2, 0.25) is 0 Å². The second-order valence-electron chi connectivity index (χ2n) is 6.71. The van der Waals surface area contributed by atoms with Gasteiger partial charge in [-0.15, -0.1) is 0 Å². The van der Waals surface area contributed by atoms with Crippen LogP contribution in [0, 0.1) is 0 Å². The number of anilines is 1. The summed E-state index contributed by atoms with van der Waals surface area (Å²) >= 11 is 6.00. The topological polar surface area (TPSA) is 54.3 Å². The Labute approximate surface area is 161 Å². The van der Waals surface area contributed by atoms with E-state index in [-0.39, 0.29) is 11.7 Å². The molecule has 0 saturated carbocycles. The summed E-state index contributed by atoms with van der Waals surface area (Å²) in [5, 5.41) is 4.16. The number of halogens is 1. The van der Waals surface area contributed by atoms with Gasteiger partial charge in [-0.05, 0) is 44.2 Å². The van der Waals surface area contributed by atoms with E-state index in [1.165, 1.54) is 0 Å². The molecule has 1 aliphatic rings. The number of para-hydroxylation sites is 1. The molecule has 0 unspecified atom stereocenters. The summed E-state index contributed by atoms with van der Waals surface area (Å²) in [7, 11) is 0. The van der Waals surface area contributed by atoms with Crippen LogP contribution in [0.4, 0.5) is 10.5 Å². The van der Waals surface area contributed by atoms with Gasteiger partial charge in [0.15, 0.2) is 0 Å². The molecule has 2 aromatic carbocycles. The summed E-state index contributed by atoms with van der Waals surface area (Å²) in [6.45, 7) is 4.21. The zero-order valence-corrected chi connectivity index (χ0v) is 15.7. The van der Waals surface area contributed by atoms with Gasteiger partial charge in [-0.2, -0.15) is 0 Å². The monoisotopic (exact) mass is 379 g/mol. The number of nitrogens with one attached hydrogen (secondary N) is 1. The minimum atomic E-state index is -0.485. The van der Waals surface area contributed by atoms with Crippen molar-refractivity contribution in [2.45, 2.75) is 19.9 Å². The molecule has 27 heavy (non-hydrogen) atoms. The van der Waals surface area contributed by atoms with Crippen molar-refractivity contribution in [1.29, 1.82) is 0 Å². The molecule has 0 spiro atoms. The zero-order valence-electron chi connectivity index (χ0n) is 14.9. The lowest BCUT2D eigenvalue weighted by molar-refractivity contribution is -0.113. The van der Waals surface area contributed by atoms with Crippen LogP contribution in [0.2, 0.25) is 5.02 Å². The predicted molar refractivity (Wildman–Crippen MR) is 108 cm³/mol. The normalized spacial score (nSPS) is 16.0. The van der Waals surface area contributed by atoms with Gasteiger partial charge in [0.05, 0.1) is 5.69 Å². The second kappa shape index (κ2) is 6.59. The van der Waals surface area contributed by atoms with Crippen LogP contribution >= 0.6 is 11.6 Å². The molecule has 4 rings (SSSR count). The van der Waals surface area contributed by atoms with E-state index in [2.05, 4.69) is 23.7 Å². The fourth-order valence-electron chi connectivity index (χ4n) is 3.31. The highest BCUT2D eigenvalue weighted by Crippen LogP contribution is 2.29. The largest absolute Gasteiger partial charge is 0.344 e. The second-order valence-corrected chi connectivity index (χ2v) is 7.15. The van der Waals surface area contributed by atoms with E-state index in [4.69, 9.17) is 11.6 Å². The number of hydrogen-bond acceptors (Lipinski definition) is 2. The number of carbonyl (C=O) groups excluding carboxylic acids is 2. The van der Waals surface area contributed by atoms with Gasteiger partial charge in [-0.25, -0.2) is 9.69 Å². The fourth-order valence-corrected chi connectivity index (χ4v) is 3.50. The van der Waals surface area contributed by atoms with Crippen molar-refractivity contribution in [2.75, 3.05) is 4.90 Å². The number of benzene rings is 2. The summed E-state index contributed by atoms with van der Waals surface area (Å²) in [5.74, 6) is -0.399. The number of hydrogen-bond donors (Lipinski definition) is 1. The van der Waals surface area contributed by atoms with Crippen molar-refractivity contribution >= 4 is 46.2 Å². The van der Waals surface area contributed by atoms with Crippen LogP contribution in [0.5, 0.6) is 0 Å². The lowest BCUT2D eigenvalue weighted by Gasteiger charge is -2.11. The molecule has 136 valence electrons. The SMILES string of the molecule is CC(C)n1cc(/C=C2\NC(=O)N(c3cccc(Cl)c3)C2=O)c2ccccc21. The van der Waals surface area contributed by atoms with E-state index in [0.717, 1.165) is 21.4 Å². The highest BCUT2D eigenvalue weighted by Gasteiger charge is 2.35. The van der Waals surface area contributed by atoms with Gasteiger partial charge < -0.3 is 9.88 Å². The van der Waals surface area contributed by atoms with Crippen molar-refractivity contribution < 1.29 is 9.59 Å². The molecule has 0 atom stereocenters. The third kappa shape index (κ3) is 3.00. The minimum Gasteiger partial charge on any atom is -0.344 e. The predicted octanol–water partition coefficient (Wildman–Crippen LogP) is 4.97. The van der Waals surface area contributed by atoms with E-state index in [9.17, 15) is 9.59 Å². The smallest absolute Gasteiger partial charge is 0.333 e. The van der Waals surface area contributed by atoms with E-state index >= 15 is 0 Å². The first-order valence-electron chi connectivity index (χ1n) is 8.68. The molecule has 0 aliphatic carbocycles. The first-order valence-corrected chi connectivity index (χ1v) is 9.06. The standard InChI is InChI=1S/C21H18ClN3O2/c1-13(2)24-12-14(17-8-3-4-9-19(17)24)10-18-20(26)25(21(27)23-18)16-7-5-6-15(22)11-16/h3-13H,1-2H3,(H,23,27)/b18-10-. The highest BCUT2D eigenvalue weighted by atomic mass is 35.5. The van der Waals surface area contributed by atoms with Crippen LogP contribution in [0.15, 0.2) is 60.4 Å². The van der Waals surface area contributed by atoms with Crippen LogP contribution in [0.1, 0.15) is 25.5 Å². The quantitative estimate of drug-likeness (QED) is 0.515. The van der Waals surface area contributed by atoms with Crippen LogP contribution in [0.25, 0.3) is 17.0 Å². The first-order chi connectivity index (χ1) is 13.0. The first kappa shape index (κ1) is 17.4. The number of fused-ring (bicyclic) bond motifs is 1. The summed E-state index contributed by atoms with van der Waals surface area (Å²) in [5.41, 5.74) is 2.66. The van der Waals surface area contributed by atoms with Crippen molar-refractivity contribution in [1.82, 2.24) is 9.88 Å². The Balaban J connectivity index is 1.77. The van der Waals surface area contributed by atoms with Crippen LogP contribution in [-0.4, -0.2) is 16.5 Å². The molecule has 1 saturated heterocycles. The Hall–Kier alpha value is -3.05. The Bertz CT molecular complexity index is 1100. The van der Waals surface area contributed by atoms with Gasteiger partial charge >= 0.3 is 6.03 Å². The summed E-state index contributed by atoms with van der Waals surface area (Å²) in [4.78, 5) is 26.3. The summed E-state index contributed by atoms with van der Waals surface area (Å²) in [6, 6.07) is 14.5. The molecule has 1 aliphatic heterocycles. The van der Waals surface area contributed by atoms with E-state index < -0.39 is 11.9 Å². The number of urea groups is 1. The lowest BCUT2D eigenvalue weighted by Crippen LogP contribution is -2.30. The van der Waals surface area contributed by atoms with Crippen molar-refractivity contribution in [3.8, 4) is 0 Å². The molecule has 3 amide bonds. The Kier molecular flexibility index (Phi) is 4.24.